The van der Waals surface area contributed by atoms with Crippen LogP contribution in [0.5, 0.6) is 0 Å². The minimum atomic E-state index is -0.247. The van der Waals surface area contributed by atoms with Crippen LogP contribution in [0.4, 0.5) is 10.2 Å². The molecule has 19 heavy (non-hydrogen) atoms. The highest BCUT2D eigenvalue weighted by atomic mass is 19.1. The molecule has 0 N–H and O–H groups in total. The molecule has 0 amide bonds. The van der Waals surface area contributed by atoms with Gasteiger partial charge in [-0.1, -0.05) is 12.1 Å². The molecule has 2 rings (SSSR count). The van der Waals surface area contributed by atoms with Crippen molar-refractivity contribution in [1.82, 2.24) is 4.98 Å². The summed E-state index contributed by atoms with van der Waals surface area (Å²) < 4.78 is 12.8. The first-order valence-corrected chi connectivity index (χ1v) is 5.99. The van der Waals surface area contributed by atoms with E-state index >= 15 is 0 Å². The lowest BCUT2D eigenvalue weighted by Crippen LogP contribution is -2.18. The largest absolute Gasteiger partial charge is 0.355 e. The molecular formula is C15H15FN2O. The summed E-state index contributed by atoms with van der Waals surface area (Å²) in [5, 5.41) is 0. The Hall–Kier alpha value is -2.23. The average molecular weight is 258 g/mol. The Kier molecular flexibility index (Phi) is 3.90. The fraction of sp³-hybridized carbons (Fsp3) is 0.200. The van der Waals surface area contributed by atoms with Gasteiger partial charge < -0.3 is 4.90 Å². The minimum Gasteiger partial charge on any atom is -0.355 e. The van der Waals surface area contributed by atoms with Crippen LogP contribution in [-0.4, -0.2) is 17.8 Å². The molecule has 0 bridgehead atoms. The molecule has 1 aromatic carbocycles. The molecule has 3 nitrogen and oxygen atoms in total. The van der Waals surface area contributed by atoms with Crippen molar-refractivity contribution in [2.45, 2.75) is 13.5 Å². The van der Waals surface area contributed by atoms with Crippen LogP contribution in [0.1, 0.15) is 22.8 Å². The highest BCUT2D eigenvalue weighted by molar-refractivity contribution is 5.94. The third-order valence-corrected chi connectivity index (χ3v) is 2.88. The summed E-state index contributed by atoms with van der Waals surface area (Å²) in [4.78, 5) is 17.5. The molecule has 0 aliphatic rings. The van der Waals surface area contributed by atoms with E-state index in [1.807, 2.05) is 11.9 Å². The molecular weight excluding hydrogens is 243 g/mol. The topological polar surface area (TPSA) is 33.2 Å². The maximum atomic E-state index is 12.8. The minimum absolute atomic E-state index is 0.0128. The molecule has 2 aromatic rings. The van der Waals surface area contributed by atoms with E-state index in [4.69, 9.17) is 0 Å². The van der Waals surface area contributed by atoms with Crippen molar-refractivity contribution in [2.24, 2.45) is 0 Å². The van der Waals surface area contributed by atoms with Gasteiger partial charge in [0.1, 0.15) is 11.6 Å². The standard InChI is InChI=1S/C15H15FN2O/c1-11(19)13-7-8-17-15(9-13)18(2)10-12-3-5-14(16)6-4-12/h3-9H,10H2,1-2H3. The molecule has 0 aliphatic heterocycles. The van der Waals surface area contributed by atoms with Gasteiger partial charge in [0.05, 0.1) is 0 Å². The Morgan fingerprint density at radius 2 is 1.95 bits per heavy atom. The van der Waals surface area contributed by atoms with Crippen molar-refractivity contribution < 1.29 is 9.18 Å². The normalized spacial score (nSPS) is 10.3. The number of aromatic nitrogens is 1. The van der Waals surface area contributed by atoms with Gasteiger partial charge in [-0.25, -0.2) is 9.37 Å². The van der Waals surface area contributed by atoms with Crippen molar-refractivity contribution in [2.75, 3.05) is 11.9 Å². The lowest BCUT2D eigenvalue weighted by molar-refractivity contribution is 0.101. The first kappa shape index (κ1) is 13.2. The zero-order valence-electron chi connectivity index (χ0n) is 10.9. The van der Waals surface area contributed by atoms with E-state index in [2.05, 4.69) is 4.98 Å². The number of carbonyl (C=O) groups is 1. The first-order chi connectivity index (χ1) is 9.06. The predicted molar refractivity (Wildman–Crippen MR) is 72.7 cm³/mol. The van der Waals surface area contributed by atoms with Gasteiger partial charge in [-0.3, -0.25) is 4.79 Å². The SMILES string of the molecule is CC(=O)c1ccnc(N(C)Cc2ccc(F)cc2)c1. The summed E-state index contributed by atoms with van der Waals surface area (Å²) in [7, 11) is 1.88. The summed E-state index contributed by atoms with van der Waals surface area (Å²) in [6.07, 6.45) is 1.62. The number of benzene rings is 1. The smallest absolute Gasteiger partial charge is 0.159 e. The van der Waals surface area contributed by atoms with Crippen molar-refractivity contribution >= 4 is 11.6 Å². The average Bonchev–Trinajstić information content (AvgIpc) is 2.41. The van der Waals surface area contributed by atoms with E-state index in [1.54, 1.807) is 30.5 Å². The van der Waals surface area contributed by atoms with Gasteiger partial charge in [-0.15, -0.1) is 0 Å². The van der Waals surface area contributed by atoms with E-state index in [-0.39, 0.29) is 11.6 Å². The number of ketones is 1. The van der Waals surface area contributed by atoms with E-state index in [9.17, 15) is 9.18 Å². The number of halogens is 1. The molecule has 1 aromatic heterocycles. The van der Waals surface area contributed by atoms with Gasteiger partial charge in [0.25, 0.3) is 0 Å². The van der Waals surface area contributed by atoms with E-state index in [1.165, 1.54) is 19.1 Å². The molecule has 4 heteroatoms. The third kappa shape index (κ3) is 3.37. The number of nitrogens with zero attached hydrogens (tertiary/aromatic N) is 2. The molecule has 98 valence electrons. The van der Waals surface area contributed by atoms with Gasteiger partial charge in [0, 0.05) is 25.4 Å². The second kappa shape index (κ2) is 5.61. The van der Waals surface area contributed by atoms with Gasteiger partial charge in [-0.2, -0.15) is 0 Å². The summed E-state index contributed by atoms with van der Waals surface area (Å²) in [6.45, 7) is 2.13. The van der Waals surface area contributed by atoms with Crippen LogP contribution in [0.15, 0.2) is 42.6 Å². The molecule has 1 heterocycles. The molecule has 0 fully saturated rings. The van der Waals surface area contributed by atoms with Crippen LogP contribution in [0.25, 0.3) is 0 Å². The second-order valence-corrected chi connectivity index (χ2v) is 4.44. The van der Waals surface area contributed by atoms with Crippen LogP contribution in [0, 0.1) is 5.82 Å². The summed E-state index contributed by atoms with van der Waals surface area (Å²) in [5.74, 6) is 0.485. The molecule has 0 aliphatic carbocycles. The molecule has 0 saturated heterocycles. The van der Waals surface area contributed by atoms with Crippen LogP contribution in [-0.2, 0) is 6.54 Å². The Labute approximate surface area is 111 Å². The van der Waals surface area contributed by atoms with Crippen molar-refractivity contribution in [3.63, 3.8) is 0 Å². The van der Waals surface area contributed by atoms with Crippen LogP contribution < -0.4 is 4.90 Å². The third-order valence-electron chi connectivity index (χ3n) is 2.88. The number of pyridine rings is 1. The maximum Gasteiger partial charge on any atom is 0.159 e. The van der Waals surface area contributed by atoms with Crippen molar-refractivity contribution in [1.29, 1.82) is 0 Å². The first-order valence-electron chi connectivity index (χ1n) is 5.99. The lowest BCUT2D eigenvalue weighted by atomic mass is 10.2. The Bertz CT molecular complexity index is 581. The van der Waals surface area contributed by atoms with E-state index in [0.717, 1.165) is 11.4 Å². The number of hydrogen-bond donors (Lipinski definition) is 0. The zero-order chi connectivity index (χ0) is 13.8. The van der Waals surface area contributed by atoms with Gasteiger partial charge in [0.15, 0.2) is 5.78 Å². The summed E-state index contributed by atoms with van der Waals surface area (Å²) in [6, 6.07) is 9.79. The number of carbonyl (C=O) groups excluding carboxylic acids is 1. The van der Waals surface area contributed by atoms with Crippen LogP contribution in [0.2, 0.25) is 0 Å². The number of anilines is 1. The molecule has 0 unspecified atom stereocenters. The Morgan fingerprint density at radius 3 is 2.58 bits per heavy atom. The summed E-state index contributed by atoms with van der Waals surface area (Å²) in [5.41, 5.74) is 1.62. The van der Waals surface area contributed by atoms with E-state index < -0.39 is 0 Å². The highest BCUT2D eigenvalue weighted by Crippen LogP contribution is 2.15. The van der Waals surface area contributed by atoms with Gasteiger partial charge >= 0.3 is 0 Å². The predicted octanol–water partition coefficient (Wildman–Crippen LogP) is 3.06. The quantitative estimate of drug-likeness (QED) is 0.790. The fourth-order valence-corrected chi connectivity index (χ4v) is 1.79. The number of rotatable bonds is 4. The molecule has 0 atom stereocenters. The lowest BCUT2D eigenvalue weighted by Gasteiger charge is -2.18. The van der Waals surface area contributed by atoms with E-state index in [0.29, 0.717) is 12.1 Å². The van der Waals surface area contributed by atoms with Crippen molar-refractivity contribution in [3.05, 3.63) is 59.5 Å². The summed E-state index contributed by atoms with van der Waals surface area (Å²) >= 11 is 0. The molecule has 0 saturated carbocycles. The number of Topliss-reactive ketones (excluding diaryl/α,β-unsaturated/α-hetero) is 1. The zero-order valence-corrected chi connectivity index (χ0v) is 10.9. The van der Waals surface area contributed by atoms with Crippen LogP contribution >= 0.6 is 0 Å². The van der Waals surface area contributed by atoms with Crippen molar-refractivity contribution in [3.8, 4) is 0 Å². The van der Waals surface area contributed by atoms with Gasteiger partial charge in [0.2, 0.25) is 0 Å². The molecule has 0 spiro atoms. The number of hydrogen-bond acceptors (Lipinski definition) is 3. The highest BCUT2D eigenvalue weighted by Gasteiger charge is 2.06. The monoisotopic (exact) mass is 258 g/mol. The fourth-order valence-electron chi connectivity index (χ4n) is 1.79. The van der Waals surface area contributed by atoms with Gasteiger partial charge in [-0.05, 0) is 36.8 Å². The van der Waals surface area contributed by atoms with Crippen LogP contribution in [0.3, 0.4) is 0 Å². The second-order valence-electron chi connectivity index (χ2n) is 4.44. The Morgan fingerprint density at radius 1 is 1.26 bits per heavy atom. The Balaban J connectivity index is 2.15. The molecule has 0 radical (unpaired) electrons. The maximum absolute atomic E-state index is 12.8.